The van der Waals surface area contributed by atoms with E-state index >= 15 is 0 Å². The second-order valence-corrected chi connectivity index (χ2v) is 5.14. The molecule has 0 aromatic rings. The van der Waals surface area contributed by atoms with E-state index in [2.05, 4.69) is 25.8 Å². The lowest BCUT2D eigenvalue weighted by atomic mass is 10.1. The highest BCUT2D eigenvalue weighted by Crippen LogP contribution is 2.32. The topological polar surface area (TPSA) is 29.3 Å². The molecule has 0 aliphatic heterocycles. The number of hydrogen-bond acceptors (Lipinski definition) is 2. The Kier molecular flexibility index (Phi) is 3.74. The number of nitrogens with zero attached hydrogens (tertiary/aromatic N) is 1. The van der Waals surface area contributed by atoms with E-state index in [0.717, 1.165) is 12.5 Å². The van der Waals surface area contributed by atoms with Gasteiger partial charge >= 0.3 is 0 Å². The van der Waals surface area contributed by atoms with Crippen molar-refractivity contribution in [3.8, 4) is 0 Å². The van der Waals surface area contributed by atoms with Crippen molar-refractivity contribution in [1.29, 1.82) is 0 Å². The second-order valence-electron chi connectivity index (χ2n) is 5.14. The number of hydrogen-bond donors (Lipinski definition) is 1. The van der Waals surface area contributed by atoms with Crippen molar-refractivity contribution < 1.29 is 0 Å². The first-order chi connectivity index (χ1) is 6.02. The smallest absolute Gasteiger partial charge is 0.0284 e. The zero-order valence-electron chi connectivity index (χ0n) is 9.34. The summed E-state index contributed by atoms with van der Waals surface area (Å²) in [5.41, 5.74) is 6.22. The van der Waals surface area contributed by atoms with E-state index in [1.807, 2.05) is 0 Å². The SMILES string of the molecule is CC(C)CCCN(C)CC1(N)CC1. The summed E-state index contributed by atoms with van der Waals surface area (Å²) < 4.78 is 0. The summed E-state index contributed by atoms with van der Waals surface area (Å²) in [4.78, 5) is 2.38. The van der Waals surface area contributed by atoms with E-state index in [0.29, 0.717) is 0 Å². The zero-order chi connectivity index (χ0) is 9.90. The van der Waals surface area contributed by atoms with Crippen LogP contribution in [0.15, 0.2) is 0 Å². The zero-order valence-corrected chi connectivity index (χ0v) is 9.34. The first-order valence-electron chi connectivity index (χ1n) is 5.49. The van der Waals surface area contributed by atoms with Crippen LogP contribution >= 0.6 is 0 Å². The van der Waals surface area contributed by atoms with Gasteiger partial charge in [-0.05, 0) is 45.2 Å². The minimum absolute atomic E-state index is 0.187. The fraction of sp³-hybridized carbons (Fsp3) is 1.00. The van der Waals surface area contributed by atoms with Gasteiger partial charge in [0.15, 0.2) is 0 Å². The molecule has 1 aliphatic carbocycles. The molecule has 0 aromatic carbocycles. The van der Waals surface area contributed by atoms with Crippen LogP contribution in [0.25, 0.3) is 0 Å². The maximum Gasteiger partial charge on any atom is 0.0284 e. The third-order valence-corrected chi connectivity index (χ3v) is 2.80. The molecule has 0 bridgehead atoms. The van der Waals surface area contributed by atoms with Crippen molar-refractivity contribution in [3.05, 3.63) is 0 Å². The summed E-state index contributed by atoms with van der Waals surface area (Å²) in [6.45, 7) is 6.86. The Morgan fingerprint density at radius 1 is 1.38 bits per heavy atom. The molecule has 0 heterocycles. The molecule has 2 N–H and O–H groups in total. The van der Waals surface area contributed by atoms with Crippen molar-refractivity contribution in [2.45, 2.75) is 45.1 Å². The van der Waals surface area contributed by atoms with Gasteiger partial charge in [0.1, 0.15) is 0 Å². The molecule has 0 aromatic heterocycles. The molecular weight excluding hydrogens is 160 g/mol. The summed E-state index contributed by atoms with van der Waals surface area (Å²) >= 11 is 0. The molecule has 13 heavy (non-hydrogen) atoms. The second kappa shape index (κ2) is 4.43. The molecule has 1 rings (SSSR count). The molecule has 2 nitrogen and oxygen atoms in total. The van der Waals surface area contributed by atoms with Gasteiger partial charge in [-0.2, -0.15) is 0 Å². The van der Waals surface area contributed by atoms with Gasteiger partial charge in [0.2, 0.25) is 0 Å². The quantitative estimate of drug-likeness (QED) is 0.682. The van der Waals surface area contributed by atoms with Gasteiger partial charge in [0, 0.05) is 12.1 Å². The highest BCUT2D eigenvalue weighted by atomic mass is 15.1. The summed E-state index contributed by atoms with van der Waals surface area (Å²) in [6.07, 6.45) is 5.09. The summed E-state index contributed by atoms with van der Waals surface area (Å²) in [5.74, 6) is 0.834. The molecule has 0 atom stereocenters. The Morgan fingerprint density at radius 2 is 2.00 bits per heavy atom. The molecule has 2 heteroatoms. The normalized spacial score (nSPS) is 19.8. The van der Waals surface area contributed by atoms with Gasteiger partial charge < -0.3 is 10.6 Å². The molecule has 0 spiro atoms. The summed E-state index contributed by atoms with van der Waals surface area (Å²) in [6, 6.07) is 0. The van der Waals surface area contributed by atoms with Crippen molar-refractivity contribution in [3.63, 3.8) is 0 Å². The van der Waals surface area contributed by atoms with Gasteiger partial charge in [-0.15, -0.1) is 0 Å². The third kappa shape index (κ3) is 4.63. The highest BCUT2D eigenvalue weighted by molar-refractivity contribution is 5.00. The minimum atomic E-state index is 0.187. The Morgan fingerprint density at radius 3 is 2.46 bits per heavy atom. The van der Waals surface area contributed by atoms with E-state index in [1.54, 1.807) is 0 Å². The Balaban J connectivity index is 2.01. The molecule has 1 fully saturated rings. The summed E-state index contributed by atoms with van der Waals surface area (Å²) in [5, 5.41) is 0. The van der Waals surface area contributed by atoms with Crippen LogP contribution in [0, 0.1) is 5.92 Å². The van der Waals surface area contributed by atoms with Gasteiger partial charge in [0.05, 0.1) is 0 Å². The molecule has 0 saturated heterocycles. The van der Waals surface area contributed by atoms with Crippen LogP contribution in [-0.4, -0.2) is 30.6 Å². The predicted octanol–water partition coefficient (Wildman–Crippen LogP) is 1.85. The Labute approximate surface area is 82.5 Å². The fourth-order valence-electron chi connectivity index (χ4n) is 1.70. The van der Waals surface area contributed by atoms with Gasteiger partial charge in [-0.25, -0.2) is 0 Å². The van der Waals surface area contributed by atoms with Crippen molar-refractivity contribution in [2.24, 2.45) is 11.7 Å². The van der Waals surface area contributed by atoms with Crippen LogP contribution in [-0.2, 0) is 0 Å². The van der Waals surface area contributed by atoms with Crippen LogP contribution in [0.1, 0.15) is 39.5 Å². The molecule has 1 aliphatic rings. The fourth-order valence-corrected chi connectivity index (χ4v) is 1.70. The van der Waals surface area contributed by atoms with Gasteiger partial charge in [0.25, 0.3) is 0 Å². The van der Waals surface area contributed by atoms with E-state index < -0.39 is 0 Å². The van der Waals surface area contributed by atoms with E-state index in [4.69, 9.17) is 5.73 Å². The van der Waals surface area contributed by atoms with Crippen LogP contribution < -0.4 is 5.73 Å². The lowest BCUT2D eigenvalue weighted by molar-refractivity contribution is 0.290. The average Bonchev–Trinajstić information content (AvgIpc) is 2.66. The molecule has 1 saturated carbocycles. The number of nitrogens with two attached hydrogens (primary N) is 1. The van der Waals surface area contributed by atoms with Crippen molar-refractivity contribution >= 4 is 0 Å². The molecular formula is C11H24N2. The van der Waals surface area contributed by atoms with Gasteiger partial charge in [-0.3, -0.25) is 0 Å². The number of rotatable bonds is 6. The summed E-state index contributed by atoms with van der Waals surface area (Å²) in [7, 11) is 2.19. The van der Waals surface area contributed by atoms with E-state index in [9.17, 15) is 0 Å². The van der Waals surface area contributed by atoms with Crippen molar-refractivity contribution in [2.75, 3.05) is 20.1 Å². The standard InChI is InChI=1S/C11H24N2/c1-10(2)5-4-8-13(3)9-11(12)6-7-11/h10H,4-9,12H2,1-3H3. The highest BCUT2D eigenvalue weighted by Gasteiger charge is 2.38. The minimum Gasteiger partial charge on any atom is -0.324 e. The average molecular weight is 184 g/mol. The van der Waals surface area contributed by atoms with Crippen LogP contribution in [0.5, 0.6) is 0 Å². The van der Waals surface area contributed by atoms with Crippen LogP contribution in [0.2, 0.25) is 0 Å². The maximum atomic E-state index is 6.04. The number of likely N-dealkylation sites (N-methyl/N-ethyl adjacent to an activating group) is 1. The Bertz CT molecular complexity index is 150. The molecule has 0 radical (unpaired) electrons. The lowest BCUT2D eigenvalue weighted by Gasteiger charge is -2.20. The molecule has 78 valence electrons. The van der Waals surface area contributed by atoms with Crippen LogP contribution in [0.4, 0.5) is 0 Å². The van der Waals surface area contributed by atoms with E-state index in [1.165, 1.54) is 32.2 Å². The van der Waals surface area contributed by atoms with Crippen molar-refractivity contribution in [1.82, 2.24) is 4.90 Å². The molecule has 0 amide bonds. The monoisotopic (exact) mass is 184 g/mol. The largest absolute Gasteiger partial charge is 0.324 e. The molecule has 0 unspecified atom stereocenters. The van der Waals surface area contributed by atoms with E-state index in [-0.39, 0.29) is 5.54 Å². The maximum absolute atomic E-state index is 6.04. The third-order valence-electron chi connectivity index (χ3n) is 2.80. The van der Waals surface area contributed by atoms with Crippen LogP contribution in [0.3, 0.4) is 0 Å². The Hall–Kier alpha value is -0.0800. The lowest BCUT2D eigenvalue weighted by Crippen LogP contribution is -2.37. The first-order valence-corrected chi connectivity index (χ1v) is 5.49. The first kappa shape index (κ1) is 11.0. The van der Waals surface area contributed by atoms with Gasteiger partial charge in [-0.1, -0.05) is 13.8 Å². The predicted molar refractivity (Wildman–Crippen MR) is 57.7 cm³/mol.